The quantitative estimate of drug-likeness (QED) is 0.842. The highest BCUT2D eigenvalue weighted by atomic mass is 32.2. The maximum Gasteiger partial charge on any atom is 0.241 e. The lowest BCUT2D eigenvalue weighted by atomic mass is 10.0. The lowest BCUT2D eigenvalue weighted by Gasteiger charge is -2.33. The SMILES string of the molecule is CCC1NC(CC(C)C)C(=O)N1C1CCCC1SC. The molecule has 2 aliphatic rings. The molecule has 1 saturated carbocycles. The van der Waals surface area contributed by atoms with E-state index in [-0.39, 0.29) is 12.2 Å². The molecule has 0 aromatic heterocycles. The molecular formula is C15H28N2OS. The molecule has 2 rings (SSSR count). The molecule has 0 aromatic rings. The Labute approximate surface area is 121 Å². The number of rotatable bonds is 5. The third-order valence-electron chi connectivity index (χ3n) is 4.45. The Balaban J connectivity index is 2.11. The molecule has 1 saturated heterocycles. The predicted octanol–water partition coefficient (Wildman–Crippen LogP) is 2.85. The number of carbonyl (C=O) groups is 1. The second-order valence-corrected chi connectivity index (χ2v) is 7.37. The van der Waals surface area contributed by atoms with Crippen LogP contribution in [-0.4, -0.2) is 40.6 Å². The Morgan fingerprint density at radius 1 is 1.42 bits per heavy atom. The van der Waals surface area contributed by atoms with E-state index < -0.39 is 0 Å². The number of hydrogen-bond acceptors (Lipinski definition) is 3. The largest absolute Gasteiger partial charge is 0.322 e. The van der Waals surface area contributed by atoms with E-state index >= 15 is 0 Å². The Morgan fingerprint density at radius 2 is 2.16 bits per heavy atom. The molecular weight excluding hydrogens is 256 g/mol. The molecule has 0 aromatic carbocycles. The van der Waals surface area contributed by atoms with Gasteiger partial charge in [-0.1, -0.05) is 27.2 Å². The van der Waals surface area contributed by atoms with Crippen LogP contribution in [0.2, 0.25) is 0 Å². The van der Waals surface area contributed by atoms with Gasteiger partial charge in [0, 0.05) is 11.3 Å². The van der Waals surface area contributed by atoms with E-state index in [1.807, 2.05) is 11.8 Å². The van der Waals surface area contributed by atoms with E-state index in [4.69, 9.17) is 0 Å². The Morgan fingerprint density at radius 3 is 2.74 bits per heavy atom. The highest BCUT2D eigenvalue weighted by molar-refractivity contribution is 7.99. The first-order valence-electron chi connectivity index (χ1n) is 7.69. The minimum atomic E-state index is 0.0491. The predicted molar refractivity (Wildman–Crippen MR) is 82.2 cm³/mol. The maximum atomic E-state index is 12.7. The van der Waals surface area contributed by atoms with Crippen molar-refractivity contribution in [2.45, 2.75) is 76.4 Å². The standard InChI is InChI=1S/C15H28N2OS/c1-5-14-16-11(9-10(2)3)15(18)17(14)12-7-6-8-13(12)19-4/h10-14,16H,5-9H2,1-4H3. The van der Waals surface area contributed by atoms with Gasteiger partial charge in [-0.25, -0.2) is 0 Å². The highest BCUT2D eigenvalue weighted by Gasteiger charge is 2.45. The molecule has 1 amide bonds. The molecule has 19 heavy (non-hydrogen) atoms. The fraction of sp³-hybridized carbons (Fsp3) is 0.933. The second-order valence-electron chi connectivity index (χ2n) is 6.29. The highest BCUT2D eigenvalue weighted by Crippen LogP contribution is 2.35. The number of carbonyl (C=O) groups excluding carboxylic acids is 1. The van der Waals surface area contributed by atoms with E-state index in [2.05, 4.69) is 37.2 Å². The average molecular weight is 284 g/mol. The zero-order valence-corrected chi connectivity index (χ0v) is 13.5. The Bertz CT molecular complexity index is 321. The smallest absolute Gasteiger partial charge is 0.241 e. The lowest BCUT2D eigenvalue weighted by Crippen LogP contribution is -2.47. The van der Waals surface area contributed by atoms with Gasteiger partial charge in [0.15, 0.2) is 0 Å². The van der Waals surface area contributed by atoms with Gasteiger partial charge < -0.3 is 4.90 Å². The van der Waals surface area contributed by atoms with Crippen LogP contribution in [0.1, 0.15) is 52.9 Å². The van der Waals surface area contributed by atoms with Crippen molar-refractivity contribution in [3.8, 4) is 0 Å². The van der Waals surface area contributed by atoms with Crippen molar-refractivity contribution in [2.75, 3.05) is 6.26 Å². The second kappa shape index (κ2) is 6.49. The van der Waals surface area contributed by atoms with Crippen molar-refractivity contribution < 1.29 is 4.79 Å². The van der Waals surface area contributed by atoms with Crippen LogP contribution < -0.4 is 5.32 Å². The summed E-state index contributed by atoms with van der Waals surface area (Å²) in [6, 6.07) is 0.505. The first-order valence-corrected chi connectivity index (χ1v) is 8.98. The molecule has 1 N–H and O–H groups in total. The Kier molecular flexibility index (Phi) is 5.18. The van der Waals surface area contributed by atoms with E-state index in [0.29, 0.717) is 23.1 Å². The summed E-state index contributed by atoms with van der Waals surface area (Å²) in [5, 5.41) is 4.20. The normalized spacial score (nSPS) is 35.6. The van der Waals surface area contributed by atoms with Crippen LogP contribution in [0.15, 0.2) is 0 Å². The Hall–Kier alpha value is -0.220. The van der Waals surface area contributed by atoms with Crippen LogP contribution in [0.25, 0.3) is 0 Å². The monoisotopic (exact) mass is 284 g/mol. The third kappa shape index (κ3) is 3.10. The van der Waals surface area contributed by atoms with Crippen LogP contribution in [0.4, 0.5) is 0 Å². The van der Waals surface area contributed by atoms with Gasteiger partial charge in [-0.15, -0.1) is 0 Å². The maximum absolute atomic E-state index is 12.7. The van der Waals surface area contributed by atoms with E-state index in [9.17, 15) is 4.79 Å². The van der Waals surface area contributed by atoms with Gasteiger partial charge in [0.25, 0.3) is 0 Å². The van der Waals surface area contributed by atoms with Crippen LogP contribution >= 0.6 is 11.8 Å². The summed E-state index contributed by atoms with van der Waals surface area (Å²) < 4.78 is 0. The average Bonchev–Trinajstić information content (AvgIpc) is 2.94. The van der Waals surface area contributed by atoms with Gasteiger partial charge in [0.05, 0.1) is 12.2 Å². The molecule has 0 spiro atoms. The summed E-state index contributed by atoms with van der Waals surface area (Å²) in [6.07, 6.45) is 8.13. The van der Waals surface area contributed by atoms with Crippen molar-refractivity contribution in [1.29, 1.82) is 0 Å². The fourth-order valence-electron chi connectivity index (χ4n) is 3.57. The van der Waals surface area contributed by atoms with Crippen molar-refractivity contribution in [1.82, 2.24) is 10.2 Å². The molecule has 3 nitrogen and oxygen atoms in total. The van der Waals surface area contributed by atoms with Crippen molar-refractivity contribution in [2.24, 2.45) is 5.92 Å². The minimum absolute atomic E-state index is 0.0491. The molecule has 0 radical (unpaired) electrons. The zero-order valence-electron chi connectivity index (χ0n) is 12.7. The molecule has 1 aliphatic heterocycles. The summed E-state index contributed by atoms with van der Waals surface area (Å²) in [7, 11) is 0. The van der Waals surface area contributed by atoms with Gasteiger partial charge in [-0.3, -0.25) is 10.1 Å². The first kappa shape index (κ1) is 15.2. The van der Waals surface area contributed by atoms with Crippen molar-refractivity contribution >= 4 is 17.7 Å². The zero-order chi connectivity index (χ0) is 14.0. The summed E-state index contributed by atoms with van der Waals surface area (Å²) in [5.41, 5.74) is 0. The van der Waals surface area contributed by atoms with Crippen molar-refractivity contribution in [3.05, 3.63) is 0 Å². The summed E-state index contributed by atoms with van der Waals surface area (Å²) in [4.78, 5) is 14.9. The topological polar surface area (TPSA) is 32.3 Å². The van der Waals surface area contributed by atoms with E-state index in [0.717, 1.165) is 12.8 Å². The molecule has 4 unspecified atom stereocenters. The van der Waals surface area contributed by atoms with Crippen LogP contribution in [0, 0.1) is 5.92 Å². The van der Waals surface area contributed by atoms with Crippen LogP contribution in [-0.2, 0) is 4.79 Å². The third-order valence-corrected chi connectivity index (χ3v) is 5.61. The van der Waals surface area contributed by atoms with Gasteiger partial charge in [0.2, 0.25) is 5.91 Å². The molecule has 2 fully saturated rings. The fourth-order valence-corrected chi connectivity index (χ4v) is 4.55. The number of nitrogens with one attached hydrogen (secondary N) is 1. The van der Waals surface area contributed by atoms with Gasteiger partial charge in [-0.05, 0) is 37.9 Å². The lowest BCUT2D eigenvalue weighted by molar-refractivity contribution is -0.132. The minimum Gasteiger partial charge on any atom is -0.322 e. The van der Waals surface area contributed by atoms with Gasteiger partial charge in [-0.2, -0.15) is 11.8 Å². The number of amides is 1. The molecule has 4 atom stereocenters. The van der Waals surface area contributed by atoms with Crippen molar-refractivity contribution in [3.63, 3.8) is 0 Å². The summed E-state index contributed by atoms with van der Waals surface area (Å²) in [5.74, 6) is 0.922. The van der Waals surface area contributed by atoms with Gasteiger partial charge >= 0.3 is 0 Å². The molecule has 1 heterocycles. The molecule has 4 heteroatoms. The first-order chi connectivity index (χ1) is 9.08. The van der Waals surface area contributed by atoms with Crippen LogP contribution in [0.3, 0.4) is 0 Å². The number of hydrogen-bond donors (Lipinski definition) is 1. The molecule has 0 bridgehead atoms. The summed E-state index contributed by atoms with van der Waals surface area (Å²) >= 11 is 1.94. The summed E-state index contributed by atoms with van der Waals surface area (Å²) in [6.45, 7) is 6.57. The number of nitrogens with zero attached hydrogens (tertiary/aromatic N) is 1. The molecule has 1 aliphatic carbocycles. The molecule has 110 valence electrons. The van der Waals surface area contributed by atoms with Gasteiger partial charge in [0.1, 0.15) is 0 Å². The van der Waals surface area contributed by atoms with E-state index in [1.54, 1.807) is 0 Å². The number of thioether (sulfide) groups is 1. The van der Waals surface area contributed by atoms with Crippen LogP contribution in [0.5, 0.6) is 0 Å². The van der Waals surface area contributed by atoms with E-state index in [1.165, 1.54) is 19.3 Å².